The third-order valence-corrected chi connectivity index (χ3v) is 5.30. The van der Waals surface area contributed by atoms with Crippen LogP contribution in [0.4, 0.5) is 0 Å². The van der Waals surface area contributed by atoms with E-state index in [9.17, 15) is 0 Å². The number of fused-ring (bicyclic) bond motifs is 2. The van der Waals surface area contributed by atoms with Crippen LogP contribution in [0, 0.1) is 5.92 Å². The first-order valence-corrected chi connectivity index (χ1v) is 7.95. The number of hydrogen-bond acceptors (Lipinski definition) is 3. The summed E-state index contributed by atoms with van der Waals surface area (Å²) in [4.78, 5) is 2.62. The van der Waals surface area contributed by atoms with Crippen LogP contribution in [0.3, 0.4) is 0 Å². The van der Waals surface area contributed by atoms with Gasteiger partial charge in [-0.3, -0.25) is 0 Å². The van der Waals surface area contributed by atoms with Crippen LogP contribution >= 0.6 is 0 Å². The average Bonchev–Trinajstić information content (AvgIpc) is 2.42. The molecular weight excluding hydrogens is 224 g/mol. The lowest BCUT2D eigenvalue weighted by Crippen LogP contribution is -2.71. The van der Waals surface area contributed by atoms with E-state index >= 15 is 0 Å². The van der Waals surface area contributed by atoms with E-state index in [1.165, 1.54) is 58.2 Å². The van der Waals surface area contributed by atoms with E-state index in [0.29, 0.717) is 6.04 Å². The van der Waals surface area contributed by atoms with Gasteiger partial charge in [-0.25, -0.2) is 0 Å². The average molecular weight is 252 g/mol. The standard InChI is InChI=1S/C15H28N2O/c1-2-3-4-5-14-15(18-11-8-16-14)12-17-9-6-13(15)7-10-17/h13-14,16H,2-12H2,1H3. The van der Waals surface area contributed by atoms with Crippen molar-refractivity contribution in [2.24, 2.45) is 5.92 Å². The Hall–Kier alpha value is -0.120. The Kier molecular flexibility index (Phi) is 3.92. The van der Waals surface area contributed by atoms with E-state index in [-0.39, 0.29) is 5.60 Å². The highest BCUT2D eigenvalue weighted by Gasteiger charge is 2.53. The molecule has 0 aromatic rings. The first kappa shape index (κ1) is 12.9. The molecule has 4 aliphatic heterocycles. The van der Waals surface area contributed by atoms with Gasteiger partial charge in [0.1, 0.15) is 0 Å². The number of nitrogens with one attached hydrogen (secondary N) is 1. The van der Waals surface area contributed by atoms with Gasteiger partial charge in [0.05, 0.1) is 12.2 Å². The molecule has 4 fully saturated rings. The lowest BCUT2D eigenvalue weighted by molar-refractivity contribution is -0.188. The molecule has 3 heteroatoms. The van der Waals surface area contributed by atoms with Crippen molar-refractivity contribution in [1.29, 1.82) is 0 Å². The maximum Gasteiger partial charge on any atom is 0.0990 e. The molecule has 1 spiro atoms. The highest BCUT2D eigenvalue weighted by molar-refractivity contribution is 5.07. The fraction of sp³-hybridized carbons (Fsp3) is 1.00. The van der Waals surface area contributed by atoms with E-state index in [1.54, 1.807) is 0 Å². The van der Waals surface area contributed by atoms with Gasteiger partial charge in [-0.15, -0.1) is 0 Å². The Morgan fingerprint density at radius 3 is 2.78 bits per heavy atom. The summed E-state index contributed by atoms with van der Waals surface area (Å²) in [5, 5.41) is 3.77. The number of rotatable bonds is 4. The normalized spacial score (nSPS) is 43.5. The van der Waals surface area contributed by atoms with Crippen LogP contribution in [-0.4, -0.2) is 49.3 Å². The van der Waals surface area contributed by atoms with Crippen molar-refractivity contribution in [2.75, 3.05) is 32.8 Å². The molecule has 0 aromatic carbocycles. The summed E-state index contributed by atoms with van der Waals surface area (Å²) in [5.74, 6) is 0.807. The minimum Gasteiger partial charge on any atom is -0.370 e. The van der Waals surface area contributed by atoms with Crippen molar-refractivity contribution < 1.29 is 4.74 Å². The molecule has 0 radical (unpaired) electrons. The second-order valence-corrected chi connectivity index (χ2v) is 6.36. The molecule has 4 heterocycles. The molecule has 4 rings (SSSR count). The molecule has 4 aliphatic rings. The molecule has 0 aliphatic carbocycles. The number of unbranched alkanes of at least 4 members (excludes halogenated alkanes) is 2. The first-order chi connectivity index (χ1) is 8.85. The van der Waals surface area contributed by atoms with Crippen LogP contribution < -0.4 is 5.32 Å². The summed E-state index contributed by atoms with van der Waals surface area (Å²) in [7, 11) is 0. The Bertz CT molecular complexity index is 276. The molecule has 1 N–H and O–H groups in total. The van der Waals surface area contributed by atoms with E-state index in [4.69, 9.17) is 4.74 Å². The molecule has 4 saturated heterocycles. The molecule has 3 nitrogen and oxygen atoms in total. The fourth-order valence-corrected chi connectivity index (χ4v) is 4.31. The van der Waals surface area contributed by atoms with Gasteiger partial charge >= 0.3 is 0 Å². The fourth-order valence-electron chi connectivity index (χ4n) is 4.31. The molecule has 0 aromatic heterocycles. The van der Waals surface area contributed by atoms with Gasteiger partial charge in [0.25, 0.3) is 0 Å². The van der Waals surface area contributed by atoms with Crippen LogP contribution in [0.5, 0.6) is 0 Å². The van der Waals surface area contributed by atoms with Crippen LogP contribution in [0.25, 0.3) is 0 Å². The molecule has 2 unspecified atom stereocenters. The number of nitrogens with zero attached hydrogens (tertiary/aromatic N) is 1. The van der Waals surface area contributed by atoms with Crippen LogP contribution in [0.15, 0.2) is 0 Å². The zero-order chi connectivity index (χ0) is 12.4. The summed E-state index contributed by atoms with van der Waals surface area (Å²) in [5.41, 5.74) is 0.155. The monoisotopic (exact) mass is 252 g/mol. The van der Waals surface area contributed by atoms with Gasteiger partial charge in [0, 0.05) is 19.1 Å². The Morgan fingerprint density at radius 2 is 2.11 bits per heavy atom. The molecule has 2 atom stereocenters. The molecule has 2 bridgehead atoms. The predicted molar refractivity (Wildman–Crippen MR) is 73.8 cm³/mol. The SMILES string of the molecule is CCCCCC1NCCOC12CN1CCC2CC1. The topological polar surface area (TPSA) is 24.5 Å². The van der Waals surface area contributed by atoms with Gasteiger partial charge in [-0.1, -0.05) is 26.2 Å². The van der Waals surface area contributed by atoms with Crippen molar-refractivity contribution in [2.45, 2.75) is 57.1 Å². The number of hydrogen-bond donors (Lipinski definition) is 1. The molecular formula is C15H28N2O. The summed E-state index contributed by atoms with van der Waals surface area (Å²) in [6.45, 7) is 8.03. The molecule has 18 heavy (non-hydrogen) atoms. The van der Waals surface area contributed by atoms with Crippen LogP contribution in [0.1, 0.15) is 45.4 Å². The molecule has 0 saturated carbocycles. The first-order valence-electron chi connectivity index (χ1n) is 7.95. The van der Waals surface area contributed by atoms with Crippen molar-refractivity contribution >= 4 is 0 Å². The molecule has 104 valence electrons. The minimum absolute atomic E-state index is 0.155. The second kappa shape index (κ2) is 5.48. The van der Waals surface area contributed by atoms with Gasteiger partial charge in [-0.05, 0) is 38.3 Å². The van der Waals surface area contributed by atoms with Gasteiger partial charge in [0.2, 0.25) is 0 Å². The van der Waals surface area contributed by atoms with Crippen molar-refractivity contribution in [3.63, 3.8) is 0 Å². The maximum absolute atomic E-state index is 6.38. The van der Waals surface area contributed by atoms with Crippen molar-refractivity contribution in [3.05, 3.63) is 0 Å². The lowest BCUT2D eigenvalue weighted by Gasteiger charge is -2.58. The second-order valence-electron chi connectivity index (χ2n) is 6.36. The summed E-state index contributed by atoms with van der Waals surface area (Å²) >= 11 is 0. The maximum atomic E-state index is 6.38. The van der Waals surface area contributed by atoms with E-state index in [2.05, 4.69) is 17.1 Å². The Labute approximate surface area is 111 Å². The smallest absolute Gasteiger partial charge is 0.0990 e. The van der Waals surface area contributed by atoms with Gasteiger partial charge in [-0.2, -0.15) is 0 Å². The Morgan fingerprint density at radius 1 is 1.28 bits per heavy atom. The Balaban J connectivity index is 1.70. The zero-order valence-electron chi connectivity index (χ0n) is 11.8. The largest absolute Gasteiger partial charge is 0.370 e. The van der Waals surface area contributed by atoms with Crippen molar-refractivity contribution in [1.82, 2.24) is 10.2 Å². The van der Waals surface area contributed by atoms with E-state index < -0.39 is 0 Å². The van der Waals surface area contributed by atoms with Gasteiger partial charge in [0.15, 0.2) is 0 Å². The number of ether oxygens (including phenoxy) is 1. The third-order valence-electron chi connectivity index (χ3n) is 5.30. The lowest BCUT2D eigenvalue weighted by atomic mass is 9.69. The van der Waals surface area contributed by atoms with Crippen molar-refractivity contribution in [3.8, 4) is 0 Å². The van der Waals surface area contributed by atoms with Crippen LogP contribution in [-0.2, 0) is 4.74 Å². The minimum atomic E-state index is 0.155. The number of morpholine rings is 1. The predicted octanol–water partition coefficient (Wildman–Crippen LogP) is 2.02. The van der Waals surface area contributed by atoms with Gasteiger partial charge < -0.3 is 15.0 Å². The summed E-state index contributed by atoms with van der Waals surface area (Å²) in [6.07, 6.45) is 8.04. The van der Waals surface area contributed by atoms with Crippen LogP contribution in [0.2, 0.25) is 0 Å². The third kappa shape index (κ3) is 2.21. The van der Waals surface area contributed by atoms with E-state index in [1.807, 2.05) is 0 Å². The summed E-state index contributed by atoms with van der Waals surface area (Å²) in [6, 6.07) is 0.603. The zero-order valence-corrected chi connectivity index (χ0v) is 11.8. The highest BCUT2D eigenvalue weighted by atomic mass is 16.5. The quantitative estimate of drug-likeness (QED) is 0.775. The number of piperidine rings is 3. The highest BCUT2D eigenvalue weighted by Crippen LogP contribution is 2.42. The van der Waals surface area contributed by atoms with E-state index in [0.717, 1.165) is 19.1 Å². The summed E-state index contributed by atoms with van der Waals surface area (Å²) < 4.78 is 6.38. The molecule has 0 amide bonds.